The predicted octanol–water partition coefficient (Wildman–Crippen LogP) is 5.05. The number of aryl methyl sites for hydroxylation is 1. The maximum absolute atomic E-state index is 12.9. The van der Waals surface area contributed by atoms with Crippen LogP contribution in [0.2, 0.25) is 0 Å². The summed E-state index contributed by atoms with van der Waals surface area (Å²) in [6, 6.07) is 23.6. The zero-order valence-electron chi connectivity index (χ0n) is 15.8. The number of fused-ring (bicyclic) bond motifs is 1. The second-order valence-corrected chi connectivity index (χ2v) is 6.70. The summed E-state index contributed by atoms with van der Waals surface area (Å²) in [6.45, 7) is 1.96. The highest BCUT2D eigenvalue weighted by Gasteiger charge is 2.16. The molecule has 2 N–H and O–H groups in total. The van der Waals surface area contributed by atoms with Crippen molar-refractivity contribution in [2.75, 3.05) is 10.6 Å². The molecule has 3 aromatic carbocycles. The van der Waals surface area contributed by atoms with Crippen LogP contribution in [-0.4, -0.2) is 16.8 Å². The SMILES string of the molecule is Cc1cccc(NC(=O)c2ccccc2NC(=O)c2ccnc3ccccc23)c1. The quantitative estimate of drug-likeness (QED) is 0.520. The van der Waals surface area contributed by atoms with Crippen molar-refractivity contribution in [1.29, 1.82) is 0 Å². The number of hydrogen-bond acceptors (Lipinski definition) is 3. The number of amides is 2. The number of hydrogen-bond donors (Lipinski definition) is 2. The van der Waals surface area contributed by atoms with E-state index < -0.39 is 0 Å². The zero-order chi connectivity index (χ0) is 20.2. The summed E-state index contributed by atoms with van der Waals surface area (Å²) >= 11 is 0. The summed E-state index contributed by atoms with van der Waals surface area (Å²) in [6.07, 6.45) is 1.60. The summed E-state index contributed by atoms with van der Waals surface area (Å²) in [7, 11) is 0. The van der Waals surface area contributed by atoms with Crippen LogP contribution in [0.3, 0.4) is 0 Å². The third-order valence-electron chi connectivity index (χ3n) is 4.59. The van der Waals surface area contributed by atoms with Gasteiger partial charge in [0.15, 0.2) is 0 Å². The Morgan fingerprint density at radius 1 is 0.759 bits per heavy atom. The molecule has 142 valence electrons. The molecule has 0 bridgehead atoms. The van der Waals surface area contributed by atoms with Crippen LogP contribution in [0.5, 0.6) is 0 Å². The fourth-order valence-corrected chi connectivity index (χ4v) is 3.19. The number of pyridine rings is 1. The van der Waals surface area contributed by atoms with Crippen molar-refractivity contribution in [1.82, 2.24) is 4.98 Å². The van der Waals surface area contributed by atoms with Crippen molar-refractivity contribution >= 4 is 34.1 Å². The minimum Gasteiger partial charge on any atom is -0.322 e. The van der Waals surface area contributed by atoms with Gasteiger partial charge in [-0.05, 0) is 48.9 Å². The van der Waals surface area contributed by atoms with Gasteiger partial charge >= 0.3 is 0 Å². The summed E-state index contributed by atoms with van der Waals surface area (Å²) < 4.78 is 0. The molecule has 0 atom stereocenters. The summed E-state index contributed by atoms with van der Waals surface area (Å²) in [5.41, 5.74) is 3.84. The molecular weight excluding hydrogens is 362 g/mol. The highest BCUT2D eigenvalue weighted by molar-refractivity contribution is 6.15. The predicted molar refractivity (Wildman–Crippen MR) is 115 cm³/mol. The number of aromatic nitrogens is 1. The minimum absolute atomic E-state index is 0.286. The Labute approximate surface area is 168 Å². The van der Waals surface area contributed by atoms with Gasteiger partial charge in [-0.15, -0.1) is 0 Å². The molecule has 0 radical (unpaired) electrons. The molecule has 0 aliphatic rings. The normalized spacial score (nSPS) is 10.5. The molecule has 1 aromatic heterocycles. The Balaban J connectivity index is 1.61. The van der Waals surface area contributed by atoms with Gasteiger partial charge in [0.25, 0.3) is 11.8 Å². The molecule has 5 nitrogen and oxygen atoms in total. The van der Waals surface area contributed by atoms with Gasteiger partial charge in [0, 0.05) is 17.3 Å². The molecule has 0 aliphatic heterocycles. The van der Waals surface area contributed by atoms with Gasteiger partial charge in [0.2, 0.25) is 0 Å². The number of nitrogens with one attached hydrogen (secondary N) is 2. The molecule has 0 saturated carbocycles. The first-order valence-corrected chi connectivity index (χ1v) is 9.24. The van der Waals surface area contributed by atoms with Crippen LogP contribution in [0.4, 0.5) is 11.4 Å². The second-order valence-electron chi connectivity index (χ2n) is 6.70. The van der Waals surface area contributed by atoms with E-state index in [0.717, 1.165) is 16.5 Å². The van der Waals surface area contributed by atoms with Crippen molar-refractivity contribution in [3.63, 3.8) is 0 Å². The fourth-order valence-electron chi connectivity index (χ4n) is 3.19. The van der Waals surface area contributed by atoms with Crippen LogP contribution in [-0.2, 0) is 0 Å². The van der Waals surface area contributed by atoms with Gasteiger partial charge in [0.1, 0.15) is 0 Å². The Kier molecular flexibility index (Phi) is 5.03. The fraction of sp³-hybridized carbons (Fsp3) is 0.0417. The Morgan fingerprint density at radius 2 is 1.52 bits per heavy atom. The van der Waals surface area contributed by atoms with Gasteiger partial charge in [-0.3, -0.25) is 14.6 Å². The van der Waals surface area contributed by atoms with Crippen molar-refractivity contribution < 1.29 is 9.59 Å². The molecule has 1 heterocycles. The first kappa shape index (κ1) is 18.4. The number of nitrogens with zero attached hydrogens (tertiary/aromatic N) is 1. The van der Waals surface area contributed by atoms with E-state index in [1.807, 2.05) is 55.5 Å². The molecule has 0 fully saturated rings. The molecule has 0 saturated heterocycles. The van der Waals surface area contributed by atoms with Crippen molar-refractivity contribution in [2.24, 2.45) is 0 Å². The van der Waals surface area contributed by atoms with E-state index >= 15 is 0 Å². The van der Waals surface area contributed by atoms with E-state index in [9.17, 15) is 9.59 Å². The second kappa shape index (κ2) is 7.94. The van der Waals surface area contributed by atoms with Crippen LogP contribution in [0.1, 0.15) is 26.3 Å². The Hall–Kier alpha value is -3.99. The van der Waals surface area contributed by atoms with E-state index in [1.54, 1.807) is 36.5 Å². The average Bonchev–Trinajstić information content (AvgIpc) is 2.73. The number of carbonyl (C=O) groups is 2. The number of rotatable bonds is 4. The van der Waals surface area contributed by atoms with Gasteiger partial charge in [-0.1, -0.05) is 42.5 Å². The highest BCUT2D eigenvalue weighted by atomic mass is 16.2. The van der Waals surface area contributed by atoms with Crippen LogP contribution in [0, 0.1) is 6.92 Å². The van der Waals surface area contributed by atoms with E-state index in [4.69, 9.17) is 0 Å². The van der Waals surface area contributed by atoms with Crippen LogP contribution in [0.25, 0.3) is 10.9 Å². The molecule has 0 spiro atoms. The van der Waals surface area contributed by atoms with Crippen molar-refractivity contribution in [3.05, 3.63) is 102 Å². The molecule has 4 rings (SSSR count). The van der Waals surface area contributed by atoms with Gasteiger partial charge in [-0.25, -0.2) is 0 Å². The van der Waals surface area contributed by atoms with Crippen molar-refractivity contribution in [3.8, 4) is 0 Å². The largest absolute Gasteiger partial charge is 0.322 e. The maximum atomic E-state index is 12.9. The lowest BCUT2D eigenvalue weighted by Gasteiger charge is -2.12. The summed E-state index contributed by atoms with van der Waals surface area (Å²) in [4.78, 5) is 30.0. The van der Waals surface area contributed by atoms with Gasteiger partial charge < -0.3 is 10.6 Å². The van der Waals surface area contributed by atoms with Gasteiger partial charge in [0.05, 0.1) is 22.3 Å². The third kappa shape index (κ3) is 3.99. The minimum atomic E-state index is -0.292. The van der Waals surface area contributed by atoms with Crippen molar-refractivity contribution in [2.45, 2.75) is 6.92 Å². The topological polar surface area (TPSA) is 71.1 Å². The number of benzene rings is 3. The summed E-state index contributed by atoms with van der Waals surface area (Å²) in [5.74, 6) is -0.578. The molecule has 0 unspecified atom stereocenters. The first-order valence-electron chi connectivity index (χ1n) is 9.24. The average molecular weight is 381 g/mol. The van der Waals surface area contributed by atoms with Crippen LogP contribution >= 0.6 is 0 Å². The summed E-state index contributed by atoms with van der Waals surface area (Å²) in [5, 5.41) is 6.51. The van der Waals surface area contributed by atoms with Gasteiger partial charge in [-0.2, -0.15) is 0 Å². The molecule has 0 aliphatic carbocycles. The highest BCUT2D eigenvalue weighted by Crippen LogP contribution is 2.21. The smallest absolute Gasteiger partial charge is 0.257 e. The number of anilines is 2. The van der Waals surface area contributed by atoms with E-state index in [0.29, 0.717) is 22.5 Å². The van der Waals surface area contributed by atoms with Crippen LogP contribution in [0.15, 0.2) is 85.1 Å². The Morgan fingerprint density at radius 3 is 2.38 bits per heavy atom. The lowest BCUT2D eigenvalue weighted by Crippen LogP contribution is -2.18. The lowest BCUT2D eigenvalue weighted by atomic mass is 10.1. The lowest BCUT2D eigenvalue weighted by molar-refractivity contribution is 0.102. The molecule has 5 heteroatoms. The standard InChI is InChI=1S/C24H19N3O2/c1-16-7-6-8-17(15-16)26-24(29)20-10-3-5-12-22(20)27-23(28)19-13-14-25-21-11-4-2-9-18(19)21/h2-15H,1H3,(H,26,29)(H,27,28). The maximum Gasteiger partial charge on any atom is 0.257 e. The van der Waals surface area contributed by atoms with E-state index in [-0.39, 0.29) is 11.8 Å². The zero-order valence-corrected chi connectivity index (χ0v) is 15.8. The molecule has 2 amide bonds. The van der Waals surface area contributed by atoms with E-state index in [1.165, 1.54) is 0 Å². The Bertz CT molecular complexity index is 1210. The number of para-hydroxylation sites is 2. The molecular formula is C24H19N3O2. The third-order valence-corrected chi connectivity index (χ3v) is 4.59. The number of carbonyl (C=O) groups excluding carboxylic acids is 2. The first-order chi connectivity index (χ1) is 14.1. The van der Waals surface area contributed by atoms with Crippen LogP contribution < -0.4 is 10.6 Å². The molecule has 4 aromatic rings. The molecule has 29 heavy (non-hydrogen) atoms. The monoisotopic (exact) mass is 381 g/mol. The van der Waals surface area contributed by atoms with E-state index in [2.05, 4.69) is 15.6 Å².